The average Bonchev–Trinajstić information content (AvgIpc) is 2.65. The van der Waals surface area contributed by atoms with Crippen LogP contribution in [0.1, 0.15) is 0 Å². The molecule has 0 bridgehead atoms. The summed E-state index contributed by atoms with van der Waals surface area (Å²) in [5.74, 6) is 0. The molecule has 25 heavy (non-hydrogen) atoms. The van der Waals surface area contributed by atoms with E-state index in [2.05, 4.69) is 24.9 Å². The molecule has 0 saturated heterocycles. The van der Waals surface area contributed by atoms with E-state index in [1.54, 1.807) is 68.0 Å². The quantitative estimate of drug-likeness (QED) is 0.622. The number of aromatic nitrogens is 5. The Hall–Kier alpha value is -3.67. The lowest BCUT2D eigenvalue weighted by molar-refractivity contribution is 0.604. The van der Waals surface area contributed by atoms with Gasteiger partial charge in [-0.25, -0.2) is 0 Å². The maximum atomic E-state index is 5.71. The van der Waals surface area contributed by atoms with Gasteiger partial charge in [0.1, 0.15) is 11.8 Å². The van der Waals surface area contributed by atoms with Gasteiger partial charge in [0, 0.05) is 66.5 Å². The van der Waals surface area contributed by atoms with Gasteiger partial charge < -0.3 is 4.42 Å². The van der Waals surface area contributed by atoms with Gasteiger partial charge in [-0.15, -0.1) is 0 Å². The molecule has 0 saturated carbocycles. The fourth-order valence-corrected chi connectivity index (χ4v) is 2.11. The van der Waals surface area contributed by atoms with Crippen molar-refractivity contribution in [1.29, 1.82) is 0 Å². The summed E-state index contributed by atoms with van der Waals surface area (Å²) in [7, 11) is 0. The summed E-state index contributed by atoms with van der Waals surface area (Å²) in [4.78, 5) is 20.5. The smallest absolute Gasteiger partial charge is 0.136 e. The number of rotatable bonds is 0. The molecule has 2 aromatic heterocycles. The summed E-state index contributed by atoms with van der Waals surface area (Å²) in [6.07, 6.45) is 17.9. The Morgan fingerprint density at radius 1 is 0.560 bits per heavy atom. The monoisotopic (exact) mass is 329 g/mol. The number of fused-ring (bicyclic) bond motifs is 3. The van der Waals surface area contributed by atoms with Crippen molar-refractivity contribution >= 4 is 21.7 Å². The number of hydrogen-bond acceptors (Lipinski definition) is 6. The van der Waals surface area contributed by atoms with Crippen molar-refractivity contribution in [2.75, 3.05) is 0 Å². The Balaban J connectivity index is 2.27. The summed E-state index contributed by atoms with van der Waals surface area (Å²) >= 11 is 0. The number of nitrogens with zero attached hydrogens (tertiary/aromatic N) is 5. The minimum atomic E-state index is 0.676. The second-order valence-electron chi connectivity index (χ2n) is 4.79. The van der Waals surface area contributed by atoms with E-state index < -0.39 is 0 Å². The van der Waals surface area contributed by atoms with Gasteiger partial charge in [0.15, 0.2) is 0 Å². The molecule has 0 N–H and O–H groups in total. The zero-order chi connectivity index (χ0) is 17.2. The van der Waals surface area contributed by atoms with Gasteiger partial charge in [0.2, 0.25) is 0 Å². The van der Waals surface area contributed by atoms with E-state index in [4.69, 9.17) is 4.42 Å². The Bertz CT molecular complexity index is 1030. The van der Waals surface area contributed by atoms with Crippen molar-refractivity contribution in [2.45, 2.75) is 0 Å². The Labute approximate surface area is 144 Å². The van der Waals surface area contributed by atoms with Crippen LogP contribution in [0, 0.1) is 0 Å². The highest BCUT2D eigenvalue weighted by Crippen LogP contribution is 2.22. The van der Waals surface area contributed by atoms with E-state index in [1.165, 1.54) is 6.26 Å². The highest BCUT2D eigenvalue weighted by atomic mass is 16.3. The topological polar surface area (TPSA) is 77.6 Å². The van der Waals surface area contributed by atoms with Gasteiger partial charge >= 0.3 is 0 Å². The molecule has 0 fully saturated rings. The van der Waals surface area contributed by atoms with Crippen molar-refractivity contribution in [2.24, 2.45) is 0 Å². The number of benzene rings is 1. The van der Waals surface area contributed by atoms with E-state index in [0.717, 1.165) is 16.2 Å². The molecular formula is C19H15N5O. The first-order chi connectivity index (χ1) is 12.4. The van der Waals surface area contributed by atoms with Crippen LogP contribution < -0.4 is 0 Å². The van der Waals surface area contributed by atoms with E-state index in [9.17, 15) is 0 Å². The van der Waals surface area contributed by atoms with Gasteiger partial charge in [0.05, 0.1) is 6.20 Å². The van der Waals surface area contributed by atoms with Gasteiger partial charge in [-0.3, -0.25) is 24.9 Å². The molecule has 122 valence electrons. The fourth-order valence-electron chi connectivity index (χ4n) is 2.11. The molecule has 0 aliphatic rings. The lowest BCUT2D eigenvalue weighted by Crippen LogP contribution is -1.77. The second-order valence-corrected chi connectivity index (χ2v) is 4.79. The first-order valence-electron chi connectivity index (χ1n) is 7.55. The largest absolute Gasteiger partial charge is 0.463 e. The molecule has 0 aliphatic carbocycles. The molecule has 0 amide bonds. The summed E-state index contributed by atoms with van der Waals surface area (Å²) < 4.78 is 5.71. The highest BCUT2D eigenvalue weighted by molar-refractivity contribution is 6.04. The SMILES string of the molecule is c1cnccnccnccoc2ccc3cnccc3c2cnc1. The van der Waals surface area contributed by atoms with Crippen molar-refractivity contribution in [3.05, 3.63) is 92.5 Å². The molecular weight excluding hydrogens is 314 g/mol. The van der Waals surface area contributed by atoms with E-state index in [-0.39, 0.29) is 0 Å². The zero-order valence-corrected chi connectivity index (χ0v) is 13.3. The molecule has 1 aromatic carbocycles. The van der Waals surface area contributed by atoms with Crippen LogP contribution in [0.3, 0.4) is 0 Å². The predicted molar refractivity (Wildman–Crippen MR) is 95.6 cm³/mol. The molecule has 0 unspecified atom stereocenters. The minimum Gasteiger partial charge on any atom is -0.463 e. The van der Waals surface area contributed by atoms with E-state index in [0.29, 0.717) is 5.58 Å². The van der Waals surface area contributed by atoms with Crippen molar-refractivity contribution < 1.29 is 4.42 Å². The normalized spacial score (nSPS) is 9.60. The number of pyridine rings is 1. The number of hydrogen-bond donors (Lipinski definition) is 0. The van der Waals surface area contributed by atoms with Crippen molar-refractivity contribution in [1.82, 2.24) is 24.9 Å². The van der Waals surface area contributed by atoms with Gasteiger partial charge in [-0.05, 0) is 29.7 Å². The van der Waals surface area contributed by atoms with E-state index in [1.807, 2.05) is 18.2 Å². The Morgan fingerprint density at radius 2 is 1.28 bits per heavy atom. The molecule has 2 heterocycles. The maximum Gasteiger partial charge on any atom is 0.136 e. The Morgan fingerprint density at radius 3 is 2.16 bits per heavy atom. The maximum absolute atomic E-state index is 5.71. The highest BCUT2D eigenvalue weighted by Gasteiger charge is 1.99. The van der Waals surface area contributed by atoms with Crippen molar-refractivity contribution in [3.63, 3.8) is 0 Å². The first-order valence-corrected chi connectivity index (χ1v) is 7.55. The summed E-state index contributed by atoms with van der Waals surface area (Å²) in [6, 6.07) is 7.50. The first kappa shape index (κ1) is 16.2. The average molecular weight is 329 g/mol. The molecule has 0 atom stereocenters. The van der Waals surface area contributed by atoms with Crippen molar-refractivity contribution in [3.8, 4) is 0 Å². The summed E-state index contributed by atoms with van der Waals surface area (Å²) in [5, 5.41) is 2.88. The van der Waals surface area contributed by atoms with Crippen LogP contribution in [0.25, 0.3) is 21.7 Å². The van der Waals surface area contributed by atoms with Gasteiger partial charge in [0.25, 0.3) is 0 Å². The third-order valence-electron chi connectivity index (χ3n) is 3.19. The fraction of sp³-hybridized carbons (Fsp3) is 0. The van der Waals surface area contributed by atoms with Crippen LogP contribution in [0.15, 0.2) is 96.9 Å². The summed E-state index contributed by atoms with van der Waals surface area (Å²) in [5.41, 5.74) is 0.676. The van der Waals surface area contributed by atoms with Crippen LogP contribution in [0.2, 0.25) is 0 Å². The van der Waals surface area contributed by atoms with Crippen LogP contribution in [0.4, 0.5) is 0 Å². The van der Waals surface area contributed by atoms with Crippen LogP contribution >= 0.6 is 0 Å². The van der Waals surface area contributed by atoms with E-state index >= 15 is 0 Å². The molecule has 0 radical (unpaired) electrons. The molecule has 6 nitrogen and oxygen atoms in total. The van der Waals surface area contributed by atoms with Crippen LogP contribution in [-0.2, 0) is 0 Å². The molecule has 3 aromatic rings. The van der Waals surface area contributed by atoms with Gasteiger partial charge in [-0.2, -0.15) is 0 Å². The predicted octanol–water partition coefficient (Wildman–Crippen LogP) is 3.93. The minimum absolute atomic E-state index is 0.676. The third kappa shape index (κ3) is 4.65. The second kappa shape index (κ2) is 8.83. The van der Waals surface area contributed by atoms with Crippen LogP contribution in [0.5, 0.6) is 0 Å². The van der Waals surface area contributed by atoms with Crippen LogP contribution in [-0.4, -0.2) is 24.9 Å². The third-order valence-corrected chi connectivity index (χ3v) is 3.19. The molecule has 0 spiro atoms. The Kier molecular flexibility index (Phi) is 5.72. The molecule has 0 aliphatic heterocycles. The molecule has 3 rings (SSSR count). The standard InChI is InChI=1S/C19H15N5O/c1-5-20-8-9-21-10-11-22-12-13-25-19-3-2-16-14-24-7-4-17(16)18(19)15-23-6-1/h1-15H. The zero-order valence-electron chi connectivity index (χ0n) is 13.3. The summed E-state index contributed by atoms with van der Waals surface area (Å²) in [6.45, 7) is 0. The van der Waals surface area contributed by atoms with Gasteiger partial charge in [-0.1, -0.05) is 0 Å². The molecule has 6 heteroatoms. The lowest BCUT2D eigenvalue weighted by atomic mass is 10.1. The lowest BCUT2D eigenvalue weighted by Gasteiger charge is -1.99.